The molecule has 0 bridgehead atoms. The van der Waals surface area contributed by atoms with Gasteiger partial charge in [-0.2, -0.15) is 0 Å². The summed E-state index contributed by atoms with van der Waals surface area (Å²) in [5.74, 6) is -1.91. The summed E-state index contributed by atoms with van der Waals surface area (Å²) in [5, 5.41) is 18.8. The molecular weight excluding hydrogens is 228 g/mol. The quantitative estimate of drug-likeness (QED) is 0.308. The van der Waals surface area contributed by atoms with Crippen molar-refractivity contribution in [2.75, 3.05) is 19.8 Å². The summed E-state index contributed by atoms with van der Waals surface area (Å²) in [5.41, 5.74) is -0.292. The first kappa shape index (κ1) is 15.2. The van der Waals surface area contributed by atoms with E-state index >= 15 is 0 Å². The van der Waals surface area contributed by atoms with Crippen molar-refractivity contribution >= 4 is 5.97 Å². The standard InChI is InChI=1S/C11H18O6/c1-4-15-9(12)7-8(10(13)16-5-2)11(14)17-6-3/h7,12-13H,4-6H2,1-3H3/b9-7+,10-8-. The van der Waals surface area contributed by atoms with Gasteiger partial charge in [0.2, 0.25) is 0 Å². The highest BCUT2D eigenvalue weighted by Gasteiger charge is 2.17. The van der Waals surface area contributed by atoms with E-state index in [9.17, 15) is 15.0 Å². The SMILES string of the molecule is CCOC(=O)C(/C=C(\O)OCC)=C(/O)OCC. The summed E-state index contributed by atoms with van der Waals surface area (Å²) in [6.45, 7) is 5.49. The molecule has 98 valence electrons. The van der Waals surface area contributed by atoms with Gasteiger partial charge in [0, 0.05) is 6.08 Å². The number of rotatable bonds is 7. The third kappa shape index (κ3) is 5.70. The molecule has 0 aliphatic heterocycles. The van der Waals surface area contributed by atoms with Gasteiger partial charge in [-0.15, -0.1) is 0 Å². The Labute approximate surface area is 100 Å². The molecule has 6 heteroatoms. The van der Waals surface area contributed by atoms with E-state index in [1.54, 1.807) is 20.8 Å². The molecule has 0 rings (SSSR count). The van der Waals surface area contributed by atoms with Gasteiger partial charge in [0.15, 0.2) is 0 Å². The summed E-state index contributed by atoms with van der Waals surface area (Å²) >= 11 is 0. The van der Waals surface area contributed by atoms with Gasteiger partial charge < -0.3 is 24.4 Å². The first-order valence-electron chi connectivity index (χ1n) is 5.33. The lowest BCUT2D eigenvalue weighted by atomic mass is 10.3. The lowest BCUT2D eigenvalue weighted by Gasteiger charge is -2.07. The lowest BCUT2D eigenvalue weighted by Crippen LogP contribution is -2.11. The molecule has 0 unspecified atom stereocenters. The van der Waals surface area contributed by atoms with Gasteiger partial charge in [0.1, 0.15) is 5.57 Å². The van der Waals surface area contributed by atoms with Crippen LogP contribution >= 0.6 is 0 Å². The van der Waals surface area contributed by atoms with Crippen LogP contribution in [0.25, 0.3) is 0 Å². The molecule has 2 N–H and O–H groups in total. The minimum Gasteiger partial charge on any atom is -0.481 e. The minimum atomic E-state index is -0.801. The Morgan fingerprint density at radius 2 is 1.53 bits per heavy atom. The number of esters is 1. The fraction of sp³-hybridized carbons (Fsp3) is 0.545. The monoisotopic (exact) mass is 246 g/mol. The minimum absolute atomic E-state index is 0.144. The van der Waals surface area contributed by atoms with Crippen LogP contribution in [0.1, 0.15) is 20.8 Å². The van der Waals surface area contributed by atoms with Crippen molar-refractivity contribution in [2.24, 2.45) is 0 Å². The number of carbonyl (C=O) groups is 1. The van der Waals surface area contributed by atoms with Crippen molar-refractivity contribution in [3.8, 4) is 0 Å². The molecule has 0 aromatic heterocycles. The highest BCUT2D eigenvalue weighted by molar-refractivity contribution is 5.91. The summed E-state index contributed by atoms with van der Waals surface area (Å²) in [6, 6.07) is 0. The molecule has 0 saturated heterocycles. The molecule has 0 atom stereocenters. The average molecular weight is 246 g/mol. The Balaban J connectivity index is 5.04. The molecule has 6 nitrogen and oxygen atoms in total. The Morgan fingerprint density at radius 1 is 1.00 bits per heavy atom. The fourth-order valence-electron chi connectivity index (χ4n) is 0.944. The maximum atomic E-state index is 11.5. The molecule has 0 saturated carbocycles. The van der Waals surface area contributed by atoms with Crippen molar-refractivity contribution in [1.82, 2.24) is 0 Å². The van der Waals surface area contributed by atoms with E-state index in [4.69, 9.17) is 14.2 Å². The van der Waals surface area contributed by atoms with Gasteiger partial charge in [-0.25, -0.2) is 4.79 Å². The van der Waals surface area contributed by atoms with Crippen molar-refractivity contribution in [3.05, 3.63) is 23.5 Å². The van der Waals surface area contributed by atoms with E-state index in [0.29, 0.717) is 0 Å². The van der Waals surface area contributed by atoms with Crippen LogP contribution in [0.5, 0.6) is 0 Å². The van der Waals surface area contributed by atoms with Gasteiger partial charge in [-0.3, -0.25) is 0 Å². The van der Waals surface area contributed by atoms with Gasteiger partial charge in [0.05, 0.1) is 19.8 Å². The molecule has 0 amide bonds. The molecule has 0 aliphatic carbocycles. The van der Waals surface area contributed by atoms with E-state index < -0.39 is 17.9 Å². The van der Waals surface area contributed by atoms with Crippen LogP contribution in [0.15, 0.2) is 23.5 Å². The molecule has 0 aromatic carbocycles. The number of aliphatic hydroxyl groups is 2. The first-order chi connectivity index (χ1) is 8.06. The normalized spacial score (nSPS) is 12.8. The second-order valence-electron chi connectivity index (χ2n) is 2.79. The summed E-state index contributed by atoms with van der Waals surface area (Å²) in [7, 11) is 0. The fourth-order valence-corrected chi connectivity index (χ4v) is 0.944. The molecule has 0 heterocycles. The number of aliphatic hydroxyl groups excluding tert-OH is 2. The molecule has 0 fully saturated rings. The summed E-state index contributed by atoms with van der Waals surface area (Å²) in [4.78, 5) is 11.5. The maximum Gasteiger partial charge on any atom is 0.345 e. The highest BCUT2D eigenvalue weighted by atomic mass is 16.6. The Kier molecular flexibility index (Phi) is 7.41. The van der Waals surface area contributed by atoms with Crippen molar-refractivity contribution in [1.29, 1.82) is 0 Å². The van der Waals surface area contributed by atoms with E-state index in [2.05, 4.69) is 0 Å². The number of carbonyl (C=O) groups excluding carboxylic acids is 1. The van der Waals surface area contributed by atoms with Crippen molar-refractivity contribution < 1.29 is 29.2 Å². The molecule has 0 aliphatic rings. The van der Waals surface area contributed by atoms with Gasteiger partial charge in [0.25, 0.3) is 11.9 Å². The summed E-state index contributed by atoms with van der Waals surface area (Å²) in [6.07, 6.45) is 0.951. The van der Waals surface area contributed by atoms with E-state index in [1.807, 2.05) is 0 Å². The predicted octanol–water partition coefficient (Wildman–Crippen LogP) is 1.79. The van der Waals surface area contributed by atoms with Crippen LogP contribution in [0.3, 0.4) is 0 Å². The molecule has 17 heavy (non-hydrogen) atoms. The van der Waals surface area contributed by atoms with E-state index in [-0.39, 0.29) is 25.4 Å². The van der Waals surface area contributed by atoms with Crippen LogP contribution in [-0.4, -0.2) is 36.0 Å². The topological polar surface area (TPSA) is 85.2 Å². The van der Waals surface area contributed by atoms with Crippen LogP contribution in [0, 0.1) is 0 Å². The number of hydrogen-bond acceptors (Lipinski definition) is 6. The zero-order valence-corrected chi connectivity index (χ0v) is 10.2. The van der Waals surface area contributed by atoms with Crippen molar-refractivity contribution in [3.63, 3.8) is 0 Å². The summed E-state index contributed by atoms with van der Waals surface area (Å²) < 4.78 is 14.2. The average Bonchev–Trinajstić information content (AvgIpc) is 2.26. The van der Waals surface area contributed by atoms with Gasteiger partial charge in [-0.1, -0.05) is 0 Å². The van der Waals surface area contributed by atoms with Crippen molar-refractivity contribution in [2.45, 2.75) is 20.8 Å². The maximum absolute atomic E-state index is 11.5. The zero-order valence-electron chi connectivity index (χ0n) is 10.2. The van der Waals surface area contributed by atoms with Crippen LogP contribution in [-0.2, 0) is 19.0 Å². The van der Waals surface area contributed by atoms with Crippen LogP contribution in [0.4, 0.5) is 0 Å². The highest BCUT2D eigenvalue weighted by Crippen LogP contribution is 2.10. The second-order valence-corrected chi connectivity index (χ2v) is 2.79. The molecular formula is C11H18O6. The Hall–Kier alpha value is -1.85. The zero-order chi connectivity index (χ0) is 13.3. The molecule has 0 radical (unpaired) electrons. The number of hydrogen-bond donors (Lipinski definition) is 2. The van der Waals surface area contributed by atoms with Gasteiger partial charge in [-0.05, 0) is 20.8 Å². The Morgan fingerprint density at radius 3 is 2.00 bits per heavy atom. The largest absolute Gasteiger partial charge is 0.481 e. The van der Waals surface area contributed by atoms with Crippen LogP contribution < -0.4 is 0 Å². The third-order valence-electron chi connectivity index (χ3n) is 1.57. The van der Waals surface area contributed by atoms with Crippen LogP contribution in [0.2, 0.25) is 0 Å². The molecule has 0 spiro atoms. The van der Waals surface area contributed by atoms with E-state index in [1.165, 1.54) is 0 Å². The second kappa shape index (κ2) is 8.32. The first-order valence-corrected chi connectivity index (χ1v) is 5.33. The lowest BCUT2D eigenvalue weighted by molar-refractivity contribution is -0.138. The Bertz CT molecular complexity index is 305. The third-order valence-corrected chi connectivity index (χ3v) is 1.57. The molecule has 0 aromatic rings. The number of ether oxygens (including phenoxy) is 3. The smallest absolute Gasteiger partial charge is 0.345 e. The van der Waals surface area contributed by atoms with Gasteiger partial charge >= 0.3 is 5.97 Å². The predicted molar refractivity (Wildman–Crippen MR) is 60.3 cm³/mol. The van der Waals surface area contributed by atoms with E-state index in [0.717, 1.165) is 6.08 Å².